The molecule has 0 aromatic heterocycles. The number of carbonyl (C=O) groups is 4. The van der Waals surface area contributed by atoms with Crippen molar-refractivity contribution >= 4 is 48.2 Å². The molecule has 20 aromatic carbocycles. The van der Waals surface area contributed by atoms with E-state index >= 15 is 0 Å². The van der Waals surface area contributed by atoms with Crippen molar-refractivity contribution in [3.05, 3.63) is 716 Å². The van der Waals surface area contributed by atoms with Crippen LogP contribution < -0.4 is 18.9 Å². The second kappa shape index (κ2) is 43.3. The Hall–Kier alpha value is -18.8. The molecule has 696 valence electrons. The Bertz CT molecular complexity index is 6540. The van der Waals surface area contributed by atoms with Crippen molar-refractivity contribution in [3.8, 4) is 23.0 Å². The number of ether oxygens (including phenoxy) is 4. The van der Waals surface area contributed by atoms with Crippen LogP contribution in [0.4, 0.5) is 0 Å². The highest BCUT2D eigenvalue weighted by molar-refractivity contribution is 5.91. The van der Waals surface area contributed by atoms with Gasteiger partial charge in [0.15, 0.2) is 0 Å². The molecule has 145 heavy (non-hydrogen) atoms. The van der Waals surface area contributed by atoms with Gasteiger partial charge in [0.1, 0.15) is 23.0 Å². The summed E-state index contributed by atoms with van der Waals surface area (Å²) < 4.78 is 24.5. The molecule has 0 aliphatic carbocycles. The molecule has 0 aliphatic heterocycles. The van der Waals surface area contributed by atoms with Crippen LogP contribution >= 0.6 is 0 Å². The third-order valence-electron chi connectivity index (χ3n) is 27.5. The molecule has 0 fully saturated rings. The summed E-state index contributed by atoms with van der Waals surface area (Å²) in [5, 5.41) is 0. The van der Waals surface area contributed by atoms with Gasteiger partial charge in [0.05, 0.1) is 27.1 Å². The molecule has 0 aliphatic rings. The predicted octanol–water partition coefficient (Wildman–Crippen LogP) is 30.1. The SMILES string of the molecule is O=C(/C=C/c1ccc(C(c2ccc(/C=C/C(=O)Oc3ccc(C(c4ccccc4)(c4ccccc4)c4ccccc4)cc3)cc2)(c2ccc(/C=C/C(=O)Oc3ccc(C(c4ccccc4)(c4ccccc4)c4ccccc4)cc3)cc2)c2ccc(/C=C/C(=O)Oc3ccc(C(c4ccccc4)(c4ccccc4)c4ccccc4)cc3)cc2)cc1)Oc1ccc(C(c2ccccc2)(c2ccccc2)c2ccccc2)cc1. The van der Waals surface area contributed by atoms with E-state index in [0.717, 1.165) is 134 Å². The van der Waals surface area contributed by atoms with Crippen LogP contribution in [-0.4, -0.2) is 23.9 Å². The van der Waals surface area contributed by atoms with Crippen molar-refractivity contribution < 1.29 is 38.1 Å². The molecular formula is C137H100O8. The second-order valence-corrected chi connectivity index (χ2v) is 35.7. The van der Waals surface area contributed by atoms with E-state index in [0.29, 0.717) is 23.0 Å². The minimum absolute atomic E-state index is 0.382. The minimum atomic E-state index is -1.14. The van der Waals surface area contributed by atoms with Crippen LogP contribution in [0.25, 0.3) is 24.3 Å². The summed E-state index contributed by atoms with van der Waals surface area (Å²) in [5.41, 5.74) is 19.4. The molecule has 8 heteroatoms. The van der Waals surface area contributed by atoms with Crippen LogP contribution in [0, 0.1) is 0 Å². The fourth-order valence-electron chi connectivity index (χ4n) is 21.0. The van der Waals surface area contributed by atoms with Gasteiger partial charge >= 0.3 is 23.9 Å². The number of hydrogen-bond acceptors (Lipinski definition) is 8. The van der Waals surface area contributed by atoms with Crippen molar-refractivity contribution in [3.63, 3.8) is 0 Å². The molecule has 0 radical (unpaired) electrons. The molecule has 0 N–H and O–H groups in total. The van der Waals surface area contributed by atoms with Crippen molar-refractivity contribution in [2.45, 2.75) is 27.1 Å². The van der Waals surface area contributed by atoms with E-state index in [4.69, 9.17) is 18.9 Å². The lowest BCUT2D eigenvalue weighted by Gasteiger charge is -2.37. The first-order valence-electron chi connectivity index (χ1n) is 48.6. The quantitative estimate of drug-likeness (QED) is 0.0178. The standard InChI is InChI=1S/C137H100O8/c138-129(142-125-89-81-121(82-90-125)133(105-37-13-1-14-38-105,106-39-15-2-16-40-106)107-41-17-3-18-42-107)97-69-101-61-73-117(74-62-101)137(118-75-63-102(64-76-118)70-98-130(139)143-126-91-83-122(84-92-126)134(108-43-19-4-20-44-108,109-45-21-5-22-46-109)110-47-23-6-24-48-110,119-77-65-103(66-78-119)71-99-131(140)144-127-93-85-123(86-94-127)135(111-49-25-7-26-50-111,112-51-27-8-28-52-112)113-53-29-9-30-54-113)120-79-67-104(68-80-120)72-100-132(141)145-128-95-87-124(88-96-128)136(114-55-31-10-32-56-114,115-57-33-11-34-58-115)116-59-35-12-36-60-116/h1-100H/b97-69+,98-70+,99-71+,100-72+. The van der Waals surface area contributed by atoms with E-state index in [-0.39, 0.29) is 0 Å². The topological polar surface area (TPSA) is 105 Å². The molecule has 20 aromatic rings. The van der Waals surface area contributed by atoms with E-state index in [1.54, 1.807) is 24.3 Å². The smallest absolute Gasteiger partial charge is 0.336 e. The molecule has 0 amide bonds. The highest BCUT2D eigenvalue weighted by Gasteiger charge is 2.44. The zero-order chi connectivity index (χ0) is 98.5. The maximum Gasteiger partial charge on any atom is 0.336 e. The van der Waals surface area contributed by atoms with Gasteiger partial charge in [-0.2, -0.15) is 0 Å². The summed E-state index contributed by atoms with van der Waals surface area (Å²) >= 11 is 0. The first-order chi connectivity index (χ1) is 71.5. The van der Waals surface area contributed by atoms with Gasteiger partial charge in [-0.25, -0.2) is 19.2 Å². The predicted molar refractivity (Wildman–Crippen MR) is 582 cm³/mol. The van der Waals surface area contributed by atoms with Crippen molar-refractivity contribution in [1.82, 2.24) is 0 Å². The summed E-state index contributed by atoms with van der Waals surface area (Å²) in [6.07, 6.45) is 12.7. The van der Waals surface area contributed by atoms with Gasteiger partial charge in [0.2, 0.25) is 0 Å². The lowest BCUT2D eigenvalue weighted by Crippen LogP contribution is -2.31. The Labute approximate surface area is 846 Å². The normalized spacial score (nSPS) is 11.9. The van der Waals surface area contributed by atoms with Crippen LogP contribution in [0.3, 0.4) is 0 Å². The van der Waals surface area contributed by atoms with Crippen LogP contribution in [-0.2, 0) is 46.3 Å². The molecule has 0 saturated heterocycles. The zero-order valence-corrected chi connectivity index (χ0v) is 79.5. The number of rotatable bonds is 32. The Kier molecular flexibility index (Phi) is 28.0. The third kappa shape index (κ3) is 19.4. The Balaban J connectivity index is 0.632. The average Bonchev–Trinajstić information content (AvgIpc) is 0.714. The molecule has 0 spiro atoms. The maximum atomic E-state index is 14.2. The van der Waals surface area contributed by atoms with Crippen molar-refractivity contribution in [1.29, 1.82) is 0 Å². The zero-order valence-electron chi connectivity index (χ0n) is 79.5. The monoisotopic (exact) mass is 1870 g/mol. The molecular weight excluding hydrogens is 1770 g/mol. The Morgan fingerprint density at radius 2 is 0.221 bits per heavy atom. The van der Waals surface area contributed by atoms with Gasteiger partial charge in [-0.05, 0) is 206 Å². The molecule has 0 heterocycles. The van der Waals surface area contributed by atoms with Crippen LogP contribution in [0.15, 0.2) is 582 Å². The van der Waals surface area contributed by atoms with E-state index in [1.165, 1.54) is 24.3 Å². The highest BCUT2D eigenvalue weighted by Crippen LogP contribution is 2.52. The van der Waals surface area contributed by atoms with Crippen molar-refractivity contribution in [2.75, 3.05) is 0 Å². The summed E-state index contributed by atoms with van der Waals surface area (Å²) in [6, 6.07) is 189. The lowest BCUT2D eigenvalue weighted by molar-refractivity contribution is -0.129. The first-order valence-corrected chi connectivity index (χ1v) is 48.6. The van der Waals surface area contributed by atoms with Gasteiger partial charge < -0.3 is 18.9 Å². The van der Waals surface area contributed by atoms with E-state index < -0.39 is 51.0 Å². The number of carbonyl (C=O) groups excluding carboxylic acids is 4. The van der Waals surface area contributed by atoms with Gasteiger partial charge in [-0.15, -0.1) is 0 Å². The van der Waals surface area contributed by atoms with E-state index in [2.05, 4.69) is 340 Å². The molecule has 0 atom stereocenters. The number of esters is 4. The number of hydrogen-bond donors (Lipinski definition) is 0. The van der Waals surface area contributed by atoms with Crippen LogP contribution in [0.2, 0.25) is 0 Å². The number of benzene rings is 20. The largest absolute Gasteiger partial charge is 0.423 e. The van der Waals surface area contributed by atoms with Crippen LogP contribution in [0.1, 0.15) is 134 Å². The van der Waals surface area contributed by atoms with Gasteiger partial charge in [-0.1, -0.05) is 510 Å². The molecule has 0 bridgehead atoms. The fraction of sp³-hybridized carbons (Fsp3) is 0.0365. The maximum absolute atomic E-state index is 14.2. The molecule has 20 rings (SSSR count). The third-order valence-corrected chi connectivity index (χ3v) is 27.5. The summed E-state index contributed by atoms with van der Waals surface area (Å²) in [6.45, 7) is 0. The molecule has 0 saturated carbocycles. The Morgan fingerprint density at radius 1 is 0.124 bits per heavy atom. The minimum Gasteiger partial charge on any atom is -0.423 e. The van der Waals surface area contributed by atoms with Gasteiger partial charge in [-0.3, -0.25) is 0 Å². The van der Waals surface area contributed by atoms with Crippen LogP contribution in [0.5, 0.6) is 23.0 Å². The second-order valence-electron chi connectivity index (χ2n) is 35.7. The highest BCUT2D eigenvalue weighted by atomic mass is 16.5. The molecule has 8 nitrogen and oxygen atoms in total. The van der Waals surface area contributed by atoms with Gasteiger partial charge in [0.25, 0.3) is 0 Å². The average molecular weight is 1870 g/mol. The first kappa shape index (κ1) is 93.9. The van der Waals surface area contributed by atoms with Gasteiger partial charge in [0, 0.05) is 24.3 Å². The summed E-state index contributed by atoms with van der Waals surface area (Å²) in [5.74, 6) is -0.726. The van der Waals surface area contributed by atoms with Crippen molar-refractivity contribution in [2.24, 2.45) is 0 Å². The molecule has 0 unspecified atom stereocenters. The Morgan fingerprint density at radius 3 is 0.331 bits per heavy atom. The fourth-order valence-corrected chi connectivity index (χ4v) is 21.0. The lowest BCUT2D eigenvalue weighted by atomic mass is 9.65. The van der Waals surface area contributed by atoms with E-state index in [9.17, 15) is 19.2 Å². The summed E-state index contributed by atoms with van der Waals surface area (Å²) in [4.78, 5) is 56.8. The van der Waals surface area contributed by atoms with E-state index in [1.807, 2.05) is 218 Å². The summed E-state index contributed by atoms with van der Waals surface area (Å²) in [7, 11) is 0.